The monoisotopic (exact) mass is 253 g/mol. The molecule has 0 radical (unpaired) electrons. The predicted molar refractivity (Wildman–Crippen MR) is 65.3 cm³/mol. The molecule has 1 fully saturated rings. The largest absolute Gasteiger partial charge is 0.481 e. The number of aliphatic carboxylic acids is 1. The molecule has 1 aromatic rings. The zero-order chi connectivity index (χ0) is 12.4. The van der Waals surface area contributed by atoms with Gasteiger partial charge in [-0.3, -0.25) is 9.59 Å². The molecule has 0 unspecified atom stereocenters. The highest BCUT2D eigenvalue weighted by Gasteiger charge is 2.32. The van der Waals surface area contributed by atoms with Crippen LogP contribution in [0.25, 0.3) is 0 Å². The van der Waals surface area contributed by atoms with Gasteiger partial charge in [0.25, 0.3) is 5.91 Å². The molecular formula is C12H15NO3S. The van der Waals surface area contributed by atoms with E-state index in [1.54, 1.807) is 4.90 Å². The van der Waals surface area contributed by atoms with Crippen molar-refractivity contribution in [2.75, 3.05) is 13.1 Å². The van der Waals surface area contributed by atoms with E-state index in [9.17, 15) is 9.59 Å². The molecule has 1 aromatic heterocycles. The molecule has 0 atom stereocenters. The SMILES string of the molecule is CCc1ccc(C(=O)N2CC(CC(=O)O)C2)s1. The Morgan fingerprint density at radius 2 is 2.18 bits per heavy atom. The van der Waals surface area contributed by atoms with E-state index in [4.69, 9.17) is 5.11 Å². The van der Waals surface area contributed by atoms with Crippen molar-refractivity contribution in [1.29, 1.82) is 0 Å². The van der Waals surface area contributed by atoms with Gasteiger partial charge in [-0.1, -0.05) is 6.92 Å². The summed E-state index contributed by atoms with van der Waals surface area (Å²) in [7, 11) is 0. The molecule has 92 valence electrons. The molecule has 2 heterocycles. The predicted octanol–water partition coefficient (Wildman–Crippen LogP) is 1.86. The van der Waals surface area contributed by atoms with Crippen LogP contribution in [0.1, 0.15) is 27.9 Å². The van der Waals surface area contributed by atoms with Gasteiger partial charge in [-0.05, 0) is 18.6 Å². The van der Waals surface area contributed by atoms with Gasteiger partial charge in [0.2, 0.25) is 0 Å². The maximum absolute atomic E-state index is 12.0. The molecule has 0 saturated carbocycles. The molecular weight excluding hydrogens is 238 g/mol. The maximum atomic E-state index is 12.0. The lowest BCUT2D eigenvalue weighted by atomic mass is 9.96. The van der Waals surface area contributed by atoms with Gasteiger partial charge in [0.1, 0.15) is 0 Å². The third-order valence-corrected chi connectivity index (χ3v) is 4.15. The molecule has 0 spiro atoms. The lowest BCUT2D eigenvalue weighted by Crippen LogP contribution is -2.50. The quantitative estimate of drug-likeness (QED) is 0.891. The summed E-state index contributed by atoms with van der Waals surface area (Å²) in [5.74, 6) is -0.620. The van der Waals surface area contributed by atoms with Crippen molar-refractivity contribution in [3.63, 3.8) is 0 Å². The molecule has 1 amide bonds. The highest BCUT2D eigenvalue weighted by molar-refractivity contribution is 7.14. The second kappa shape index (κ2) is 4.87. The average Bonchev–Trinajstić information content (AvgIpc) is 2.70. The molecule has 1 saturated heterocycles. The number of rotatable bonds is 4. The maximum Gasteiger partial charge on any atom is 0.303 e. The van der Waals surface area contributed by atoms with E-state index in [0.29, 0.717) is 13.1 Å². The molecule has 4 nitrogen and oxygen atoms in total. The van der Waals surface area contributed by atoms with Crippen LogP contribution in [-0.2, 0) is 11.2 Å². The van der Waals surface area contributed by atoms with Gasteiger partial charge < -0.3 is 10.0 Å². The molecule has 0 aromatic carbocycles. The van der Waals surface area contributed by atoms with Crippen LogP contribution in [-0.4, -0.2) is 35.0 Å². The Labute approximate surface area is 104 Å². The minimum absolute atomic E-state index is 0.0383. The summed E-state index contributed by atoms with van der Waals surface area (Å²) in [5, 5.41) is 8.62. The molecule has 0 bridgehead atoms. The Morgan fingerprint density at radius 3 is 2.71 bits per heavy atom. The van der Waals surface area contributed by atoms with Crippen LogP contribution in [0.3, 0.4) is 0 Å². The first-order valence-electron chi connectivity index (χ1n) is 5.70. The zero-order valence-corrected chi connectivity index (χ0v) is 10.5. The number of amides is 1. The first-order valence-corrected chi connectivity index (χ1v) is 6.51. The fraction of sp³-hybridized carbons (Fsp3) is 0.500. The highest BCUT2D eigenvalue weighted by atomic mass is 32.1. The van der Waals surface area contributed by atoms with Gasteiger partial charge in [-0.25, -0.2) is 0 Å². The number of nitrogens with zero attached hydrogens (tertiary/aromatic N) is 1. The number of thiophene rings is 1. The van der Waals surface area contributed by atoms with Crippen molar-refractivity contribution in [2.24, 2.45) is 5.92 Å². The second-order valence-electron chi connectivity index (χ2n) is 4.29. The standard InChI is InChI=1S/C12H15NO3S/c1-2-9-3-4-10(17-9)12(16)13-6-8(7-13)5-11(14)15/h3-4,8H,2,5-7H2,1H3,(H,14,15). The Bertz CT molecular complexity index is 435. The number of aryl methyl sites for hydroxylation is 1. The summed E-state index contributed by atoms with van der Waals surface area (Å²) >= 11 is 1.53. The topological polar surface area (TPSA) is 57.6 Å². The Morgan fingerprint density at radius 1 is 1.47 bits per heavy atom. The van der Waals surface area contributed by atoms with Crippen LogP contribution < -0.4 is 0 Å². The summed E-state index contributed by atoms with van der Waals surface area (Å²) in [4.78, 5) is 26.2. The molecule has 1 aliphatic rings. The molecule has 0 aliphatic carbocycles. The van der Waals surface area contributed by atoms with Gasteiger partial charge in [-0.15, -0.1) is 11.3 Å². The van der Waals surface area contributed by atoms with Crippen LogP contribution in [0.15, 0.2) is 12.1 Å². The van der Waals surface area contributed by atoms with Crippen molar-refractivity contribution >= 4 is 23.2 Å². The third-order valence-electron chi connectivity index (χ3n) is 2.93. The van der Waals surface area contributed by atoms with Gasteiger partial charge in [0.15, 0.2) is 0 Å². The van der Waals surface area contributed by atoms with Crippen molar-refractivity contribution in [2.45, 2.75) is 19.8 Å². The molecule has 1 aliphatic heterocycles. The third kappa shape index (κ3) is 2.66. The number of carboxylic acid groups (broad SMARTS) is 1. The van der Waals surface area contributed by atoms with Crippen LogP contribution >= 0.6 is 11.3 Å². The van der Waals surface area contributed by atoms with Crippen molar-refractivity contribution in [3.05, 3.63) is 21.9 Å². The first kappa shape index (κ1) is 12.1. The summed E-state index contributed by atoms with van der Waals surface area (Å²) in [5.41, 5.74) is 0. The van der Waals surface area contributed by atoms with Crippen molar-refractivity contribution < 1.29 is 14.7 Å². The van der Waals surface area contributed by atoms with Crippen molar-refractivity contribution in [3.8, 4) is 0 Å². The fourth-order valence-corrected chi connectivity index (χ4v) is 2.87. The highest BCUT2D eigenvalue weighted by Crippen LogP contribution is 2.25. The summed E-state index contributed by atoms with van der Waals surface area (Å²) in [6.45, 7) is 3.21. The summed E-state index contributed by atoms with van der Waals surface area (Å²) in [6, 6.07) is 3.84. The van der Waals surface area contributed by atoms with Crippen molar-refractivity contribution in [1.82, 2.24) is 4.90 Å². The zero-order valence-electron chi connectivity index (χ0n) is 9.68. The number of hydrogen-bond donors (Lipinski definition) is 1. The smallest absolute Gasteiger partial charge is 0.303 e. The van der Waals surface area contributed by atoms with Crippen LogP contribution in [0.4, 0.5) is 0 Å². The van der Waals surface area contributed by atoms with E-state index in [0.717, 1.165) is 11.3 Å². The number of hydrogen-bond acceptors (Lipinski definition) is 3. The normalized spacial score (nSPS) is 15.7. The van der Waals surface area contributed by atoms with Gasteiger partial charge in [0.05, 0.1) is 11.3 Å². The first-order chi connectivity index (χ1) is 8.10. The lowest BCUT2D eigenvalue weighted by Gasteiger charge is -2.38. The van der Waals surface area contributed by atoms with E-state index in [-0.39, 0.29) is 18.2 Å². The average molecular weight is 253 g/mol. The molecule has 2 rings (SSSR count). The Kier molecular flexibility index (Phi) is 3.47. The summed E-state index contributed by atoms with van der Waals surface area (Å²) in [6.07, 6.45) is 1.11. The molecule has 5 heteroatoms. The fourth-order valence-electron chi connectivity index (χ4n) is 1.95. The number of carbonyl (C=O) groups is 2. The number of carbonyl (C=O) groups excluding carboxylic acids is 1. The minimum atomic E-state index is -0.786. The number of carboxylic acids is 1. The van der Waals surface area contributed by atoms with E-state index in [2.05, 4.69) is 6.92 Å². The van der Waals surface area contributed by atoms with E-state index < -0.39 is 5.97 Å². The second-order valence-corrected chi connectivity index (χ2v) is 5.46. The van der Waals surface area contributed by atoms with E-state index >= 15 is 0 Å². The molecule has 17 heavy (non-hydrogen) atoms. The van der Waals surface area contributed by atoms with E-state index in [1.165, 1.54) is 16.2 Å². The number of likely N-dealkylation sites (tertiary alicyclic amines) is 1. The Balaban J connectivity index is 1.88. The van der Waals surface area contributed by atoms with Crippen LogP contribution in [0, 0.1) is 5.92 Å². The Hall–Kier alpha value is -1.36. The van der Waals surface area contributed by atoms with Crippen LogP contribution in [0.5, 0.6) is 0 Å². The summed E-state index contributed by atoms with van der Waals surface area (Å²) < 4.78 is 0. The van der Waals surface area contributed by atoms with Gasteiger partial charge in [-0.2, -0.15) is 0 Å². The van der Waals surface area contributed by atoms with Gasteiger partial charge in [0, 0.05) is 23.9 Å². The molecule has 1 N–H and O–H groups in total. The van der Waals surface area contributed by atoms with Crippen LogP contribution in [0.2, 0.25) is 0 Å². The van der Waals surface area contributed by atoms with E-state index in [1.807, 2.05) is 12.1 Å². The minimum Gasteiger partial charge on any atom is -0.481 e. The van der Waals surface area contributed by atoms with Gasteiger partial charge >= 0.3 is 5.97 Å². The lowest BCUT2D eigenvalue weighted by molar-refractivity contribution is -0.139.